The van der Waals surface area contributed by atoms with E-state index in [1.165, 1.54) is 11.8 Å². The van der Waals surface area contributed by atoms with Crippen LogP contribution in [-0.2, 0) is 17.9 Å². The van der Waals surface area contributed by atoms with Crippen LogP contribution in [0.25, 0.3) is 16.7 Å². The highest BCUT2D eigenvalue weighted by atomic mass is 32.2. The number of rotatable bonds is 8. The van der Waals surface area contributed by atoms with Gasteiger partial charge in [0.05, 0.1) is 23.2 Å². The quantitative estimate of drug-likeness (QED) is 0.311. The van der Waals surface area contributed by atoms with Gasteiger partial charge in [0.2, 0.25) is 11.7 Å². The van der Waals surface area contributed by atoms with Gasteiger partial charge in [-0.25, -0.2) is 0 Å². The Morgan fingerprint density at radius 1 is 1.27 bits per heavy atom. The lowest BCUT2D eigenvalue weighted by atomic mass is 10.2. The maximum Gasteiger partial charge on any atom is 0.263 e. The van der Waals surface area contributed by atoms with Crippen molar-refractivity contribution in [1.82, 2.24) is 24.1 Å². The van der Waals surface area contributed by atoms with Crippen LogP contribution in [0, 0.1) is 0 Å². The van der Waals surface area contributed by atoms with Crippen molar-refractivity contribution in [3.8, 4) is 0 Å². The molecule has 3 aromatic heterocycles. The third-order valence-electron chi connectivity index (χ3n) is 4.78. The highest BCUT2D eigenvalue weighted by molar-refractivity contribution is 7.99. The number of para-hydroxylation sites is 1. The molecule has 0 fully saturated rings. The van der Waals surface area contributed by atoms with E-state index in [9.17, 15) is 9.59 Å². The lowest BCUT2D eigenvalue weighted by Gasteiger charge is -2.19. The molecular weight excluding hydrogens is 418 g/mol. The van der Waals surface area contributed by atoms with Gasteiger partial charge in [0.25, 0.3) is 5.56 Å². The predicted octanol–water partition coefficient (Wildman–Crippen LogP) is 3.43. The molecule has 0 radical (unpaired) electrons. The lowest BCUT2D eigenvalue weighted by Crippen LogP contribution is -2.31. The molecule has 0 aliphatic heterocycles. The van der Waals surface area contributed by atoms with Crippen LogP contribution < -0.4 is 5.56 Å². The summed E-state index contributed by atoms with van der Waals surface area (Å²) in [4.78, 5) is 28.6. The van der Waals surface area contributed by atoms with Crippen LogP contribution in [0.5, 0.6) is 0 Å². The Bertz CT molecular complexity index is 1260. The molecule has 4 aromatic rings. The molecule has 0 bridgehead atoms. The molecule has 154 valence electrons. The van der Waals surface area contributed by atoms with E-state index in [1.54, 1.807) is 28.0 Å². The van der Waals surface area contributed by atoms with Gasteiger partial charge in [-0.15, -0.1) is 28.1 Å². The minimum absolute atomic E-state index is 0.0383. The van der Waals surface area contributed by atoms with Crippen LogP contribution in [0.3, 0.4) is 0 Å². The Balaban J connectivity index is 1.66. The Kier molecular flexibility index (Phi) is 6.01. The summed E-state index contributed by atoms with van der Waals surface area (Å²) in [6, 6.07) is 11.4. The fourth-order valence-electron chi connectivity index (χ4n) is 3.31. The SMILES string of the molecule is C=CCn1c(=O)c2ccccc2n2c(SCC(=O)N(CC)Cc3cccs3)nnc12. The highest BCUT2D eigenvalue weighted by Crippen LogP contribution is 2.22. The summed E-state index contributed by atoms with van der Waals surface area (Å²) in [6.45, 7) is 7.29. The number of amides is 1. The second kappa shape index (κ2) is 8.85. The smallest absolute Gasteiger partial charge is 0.263 e. The molecule has 0 saturated carbocycles. The van der Waals surface area contributed by atoms with E-state index < -0.39 is 0 Å². The number of carbonyl (C=O) groups excluding carboxylic acids is 1. The number of carbonyl (C=O) groups is 1. The maximum absolute atomic E-state index is 12.9. The van der Waals surface area contributed by atoms with E-state index in [2.05, 4.69) is 16.8 Å². The lowest BCUT2D eigenvalue weighted by molar-refractivity contribution is -0.128. The van der Waals surface area contributed by atoms with Crippen molar-refractivity contribution in [3.63, 3.8) is 0 Å². The van der Waals surface area contributed by atoms with Crippen LogP contribution in [0.2, 0.25) is 0 Å². The average molecular weight is 440 g/mol. The first-order chi connectivity index (χ1) is 14.6. The second-order valence-corrected chi connectivity index (χ2v) is 8.59. The zero-order valence-electron chi connectivity index (χ0n) is 16.5. The molecule has 0 aliphatic carbocycles. The number of thiophene rings is 1. The van der Waals surface area contributed by atoms with Crippen molar-refractivity contribution in [2.75, 3.05) is 12.3 Å². The van der Waals surface area contributed by atoms with E-state index in [0.717, 1.165) is 10.4 Å². The number of nitrogens with zero attached hydrogens (tertiary/aromatic N) is 5. The molecule has 0 aliphatic rings. The topological polar surface area (TPSA) is 72.5 Å². The summed E-state index contributed by atoms with van der Waals surface area (Å²) in [5.74, 6) is 0.727. The van der Waals surface area contributed by atoms with Gasteiger partial charge in [-0.3, -0.25) is 18.6 Å². The monoisotopic (exact) mass is 439 g/mol. The van der Waals surface area contributed by atoms with Crippen molar-refractivity contribution in [3.05, 3.63) is 69.7 Å². The minimum Gasteiger partial charge on any atom is -0.337 e. The van der Waals surface area contributed by atoms with Crippen LogP contribution in [0.15, 0.2) is 64.4 Å². The molecule has 1 aromatic carbocycles. The zero-order valence-corrected chi connectivity index (χ0v) is 18.2. The normalized spacial score (nSPS) is 11.2. The number of allylic oxidation sites excluding steroid dienone is 1. The molecule has 0 spiro atoms. The molecular formula is C21H21N5O2S2. The van der Waals surface area contributed by atoms with E-state index in [1.807, 2.05) is 51.9 Å². The number of hydrogen-bond donors (Lipinski definition) is 0. The molecule has 0 N–H and O–H groups in total. The van der Waals surface area contributed by atoms with Gasteiger partial charge in [0.1, 0.15) is 0 Å². The molecule has 30 heavy (non-hydrogen) atoms. The van der Waals surface area contributed by atoms with Crippen LogP contribution in [-0.4, -0.2) is 42.3 Å². The number of aromatic nitrogens is 4. The van der Waals surface area contributed by atoms with Crippen molar-refractivity contribution >= 4 is 45.7 Å². The van der Waals surface area contributed by atoms with E-state index in [-0.39, 0.29) is 17.2 Å². The predicted molar refractivity (Wildman–Crippen MR) is 121 cm³/mol. The van der Waals surface area contributed by atoms with Crippen molar-refractivity contribution in [1.29, 1.82) is 0 Å². The molecule has 0 atom stereocenters. The highest BCUT2D eigenvalue weighted by Gasteiger charge is 2.19. The van der Waals surface area contributed by atoms with Gasteiger partial charge in [0, 0.05) is 18.0 Å². The molecule has 9 heteroatoms. The fourth-order valence-corrected chi connectivity index (χ4v) is 4.87. The number of hydrogen-bond acceptors (Lipinski definition) is 6. The summed E-state index contributed by atoms with van der Waals surface area (Å²) < 4.78 is 3.39. The number of fused-ring (bicyclic) bond motifs is 3. The van der Waals surface area contributed by atoms with Crippen LogP contribution >= 0.6 is 23.1 Å². The second-order valence-electron chi connectivity index (χ2n) is 6.62. The van der Waals surface area contributed by atoms with Gasteiger partial charge in [-0.1, -0.05) is 36.0 Å². The maximum atomic E-state index is 12.9. The van der Waals surface area contributed by atoms with Crippen molar-refractivity contribution < 1.29 is 4.79 Å². The third kappa shape index (κ3) is 3.78. The van der Waals surface area contributed by atoms with E-state index in [4.69, 9.17) is 0 Å². The Morgan fingerprint density at radius 2 is 2.10 bits per heavy atom. The van der Waals surface area contributed by atoms with Crippen LogP contribution in [0.4, 0.5) is 0 Å². The molecule has 1 amide bonds. The summed E-state index contributed by atoms with van der Waals surface area (Å²) in [5.41, 5.74) is 0.592. The van der Waals surface area contributed by atoms with Gasteiger partial charge >= 0.3 is 0 Å². The number of benzene rings is 1. The summed E-state index contributed by atoms with van der Waals surface area (Å²) in [6.07, 6.45) is 1.66. The first-order valence-electron chi connectivity index (χ1n) is 9.54. The Labute approximate surface area is 181 Å². The van der Waals surface area contributed by atoms with Crippen LogP contribution in [0.1, 0.15) is 11.8 Å². The summed E-state index contributed by atoms with van der Waals surface area (Å²) >= 11 is 2.97. The molecule has 0 saturated heterocycles. The molecule has 3 heterocycles. The van der Waals surface area contributed by atoms with E-state index in [0.29, 0.717) is 36.0 Å². The van der Waals surface area contributed by atoms with Gasteiger partial charge in [-0.05, 0) is 30.5 Å². The Hall–Kier alpha value is -2.91. The van der Waals surface area contributed by atoms with E-state index >= 15 is 0 Å². The first-order valence-corrected chi connectivity index (χ1v) is 11.4. The van der Waals surface area contributed by atoms with Crippen molar-refractivity contribution in [2.45, 2.75) is 25.2 Å². The fraction of sp³-hybridized carbons (Fsp3) is 0.238. The summed E-state index contributed by atoms with van der Waals surface area (Å²) in [7, 11) is 0. The van der Waals surface area contributed by atoms with Gasteiger partial charge in [-0.2, -0.15) is 0 Å². The molecule has 0 unspecified atom stereocenters. The minimum atomic E-state index is -0.133. The van der Waals surface area contributed by atoms with Gasteiger partial charge in [0.15, 0.2) is 5.16 Å². The zero-order chi connectivity index (χ0) is 21.1. The largest absolute Gasteiger partial charge is 0.337 e. The standard InChI is InChI=1S/C21H21N5O2S2/c1-3-11-25-19(28)16-9-5-6-10-17(16)26-20(25)22-23-21(26)30-14-18(27)24(4-2)13-15-8-7-12-29-15/h3,5-10,12H,1,4,11,13-14H2,2H3. The average Bonchev–Trinajstić information content (AvgIpc) is 3.43. The third-order valence-corrected chi connectivity index (χ3v) is 6.55. The first kappa shape index (κ1) is 20.4. The Morgan fingerprint density at radius 3 is 2.83 bits per heavy atom. The molecule has 4 rings (SSSR count). The number of thioether (sulfide) groups is 1. The van der Waals surface area contributed by atoms with Crippen molar-refractivity contribution in [2.24, 2.45) is 0 Å². The molecule has 7 nitrogen and oxygen atoms in total. The summed E-state index contributed by atoms with van der Waals surface area (Å²) in [5, 5.41) is 11.7. The van der Waals surface area contributed by atoms with Gasteiger partial charge < -0.3 is 4.90 Å².